The van der Waals surface area contributed by atoms with E-state index in [-0.39, 0.29) is 12.2 Å². The van der Waals surface area contributed by atoms with Gasteiger partial charge in [-0.1, -0.05) is 161 Å². The first kappa shape index (κ1) is 35.9. The summed E-state index contributed by atoms with van der Waals surface area (Å²) in [4.78, 5) is 0. The van der Waals surface area contributed by atoms with Crippen LogP contribution in [-0.4, -0.2) is 29.0 Å². The van der Waals surface area contributed by atoms with Gasteiger partial charge in [-0.2, -0.15) is 0 Å². The van der Waals surface area contributed by atoms with Crippen LogP contribution in [0.3, 0.4) is 0 Å². The van der Waals surface area contributed by atoms with Crippen LogP contribution in [0.25, 0.3) is 0 Å². The quantitative estimate of drug-likeness (QED) is 0.0811. The number of rotatable bonds is 31. The molecule has 36 heavy (non-hydrogen) atoms. The van der Waals surface area contributed by atoms with E-state index in [9.17, 15) is 10.2 Å². The van der Waals surface area contributed by atoms with E-state index in [4.69, 9.17) is 5.73 Å². The summed E-state index contributed by atoms with van der Waals surface area (Å²) in [6.45, 7) is 3.10. The molecule has 0 aliphatic heterocycles. The van der Waals surface area contributed by atoms with Crippen LogP contribution < -0.4 is 5.73 Å². The molecule has 0 aliphatic rings. The third-order valence-electron chi connectivity index (χ3n) is 7.96. The monoisotopic (exact) mass is 512 g/mol. The molecule has 3 nitrogen and oxygen atoms in total. The molecule has 0 saturated heterocycles. The van der Waals surface area contributed by atoms with Gasteiger partial charge in [0.2, 0.25) is 0 Å². The van der Waals surface area contributed by atoms with Crippen molar-refractivity contribution in [2.24, 2.45) is 5.73 Å². The van der Waals surface area contributed by atoms with Gasteiger partial charge in [-0.15, -0.1) is 0 Å². The molecule has 0 aromatic heterocycles. The third kappa shape index (κ3) is 30.1. The highest BCUT2D eigenvalue weighted by atomic mass is 16.3. The molecule has 2 unspecified atom stereocenters. The summed E-state index contributed by atoms with van der Waals surface area (Å²) in [5.41, 5.74) is 5.52. The average molecular weight is 512 g/mol. The van der Waals surface area contributed by atoms with Crippen LogP contribution in [-0.2, 0) is 0 Å². The maximum atomic E-state index is 10.2. The van der Waals surface area contributed by atoms with Gasteiger partial charge < -0.3 is 15.9 Å². The third-order valence-corrected chi connectivity index (χ3v) is 7.96. The van der Waals surface area contributed by atoms with Crippen molar-refractivity contribution < 1.29 is 10.2 Å². The Labute approximate surface area is 227 Å². The normalized spacial score (nSPS) is 13.3. The molecule has 0 spiro atoms. The van der Waals surface area contributed by atoms with Crippen LogP contribution in [0.4, 0.5) is 0 Å². The summed E-state index contributed by atoms with van der Waals surface area (Å²) in [7, 11) is 0. The maximum absolute atomic E-state index is 10.2. The number of aliphatic hydroxyl groups is 2. The zero-order valence-electron chi connectivity index (χ0n) is 24.8. The van der Waals surface area contributed by atoms with Gasteiger partial charge in [0.05, 0.1) is 12.2 Å². The second-order valence-corrected chi connectivity index (χ2v) is 11.7. The average Bonchev–Trinajstić information content (AvgIpc) is 2.87. The molecule has 0 heterocycles. The van der Waals surface area contributed by atoms with E-state index in [0.717, 1.165) is 32.2 Å². The van der Waals surface area contributed by atoms with E-state index in [1.807, 2.05) is 0 Å². The van der Waals surface area contributed by atoms with Crippen LogP contribution in [0.15, 0.2) is 0 Å². The SMILES string of the molecule is CCCCCCCCCCC(O)CCCCCCCCCCCCC(O)CCCCCCCCCN. The largest absolute Gasteiger partial charge is 0.393 e. The standard InChI is InChI=1S/C33H69NO2/c1-2-3-4-5-6-12-17-22-27-32(35)28-23-18-13-9-7-8-10-14-19-24-29-33(36)30-25-20-15-11-16-21-26-31-34/h32-33,35-36H,2-31,34H2,1H3. The lowest BCUT2D eigenvalue weighted by atomic mass is 10.0. The van der Waals surface area contributed by atoms with Gasteiger partial charge in [0.1, 0.15) is 0 Å². The highest BCUT2D eigenvalue weighted by molar-refractivity contribution is 4.59. The van der Waals surface area contributed by atoms with Crippen molar-refractivity contribution >= 4 is 0 Å². The molecule has 218 valence electrons. The van der Waals surface area contributed by atoms with E-state index in [0.29, 0.717) is 0 Å². The number of hydrogen-bond donors (Lipinski definition) is 3. The van der Waals surface area contributed by atoms with Gasteiger partial charge in [-0.25, -0.2) is 0 Å². The predicted molar refractivity (Wildman–Crippen MR) is 161 cm³/mol. The Morgan fingerprint density at radius 2 is 0.583 bits per heavy atom. The van der Waals surface area contributed by atoms with E-state index in [1.54, 1.807) is 0 Å². The van der Waals surface area contributed by atoms with Crippen LogP contribution in [0, 0.1) is 0 Å². The fourth-order valence-corrected chi connectivity index (χ4v) is 5.38. The van der Waals surface area contributed by atoms with E-state index in [2.05, 4.69) is 6.92 Å². The molecule has 4 N–H and O–H groups in total. The summed E-state index contributed by atoms with van der Waals surface area (Å²) < 4.78 is 0. The van der Waals surface area contributed by atoms with Gasteiger partial charge in [-0.3, -0.25) is 0 Å². The summed E-state index contributed by atoms with van der Waals surface area (Å²) >= 11 is 0. The highest BCUT2D eigenvalue weighted by Gasteiger charge is 2.05. The van der Waals surface area contributed by atoms with Gasteiger partial charge in [0.25, 0.3) is 0 Å². The van der Waals surface area contributed by atoms with Gasteiger partial charge in [-0.05, 0) is 38.6 Å². The van der Waals surface area contributed by atoms with Crippen molar-refractivity contribution in [3.8, 4) is 0 Å². The highest BCUT2D eigenvalue weighted by Crippen LogP contribution is 2.17. The molecular weight excluding hydrogens is 442 g/mol. The van der Waals surface area contributed by atoms with Crippen LogP contribution in [0.2, 0.25) is 0 Å². The second kappa shape index (κ2) is 31.1. The van der Waals surface area contributed by atoms with Crippen molar-refractivity contribution in [3.63, 3.8) is 0 Å². The molecule has 0 amide bonds. The van der Waals surface area contributed by atoms with Gasteiger partial charge in [0, 0.05) is 0 Å². The molecular formula is C33H69NO2. The topological polar surface area (TPSA) is 66.5 Å². The molecule has 0 aromatic carbocycles. The van der Waals surface area contributed by atoms with Crippen LogP contribution >= 0.6 is 0 Å². The summed E-state index contributed by atoms with van der Waals surface area (Å²) in [5.74, 6) is 0. The fraction of sp³-hybridized carbons (Fsp3) is 1.00. The van der Waals surface area contributed by atoms with Crippen molar-refractivity contribution in [1.29, 1.82) is 0 Å². The van der Waals surface area contributed by atoms with E-state index in [1.165, 1.54) is 161 Å². The molecule has 0 bridgehead atoms. The number of nitrogens with two attached hydrogens (primary N) is 1. The fourth-order valence-electron chi connectivity index (χ4n) is 5.38. The Hall–Kier alpha value is -0.120. The zero-order valence-corrected chi connectivity index (χ0v) is 24.8. The maximum Gasteiger partial charge on any atom is 0.0540 e. The molecule has 0 aliphatic carbocycles. The molecule has 0 fully saturated rings. The first-order valence-corrected chi connectivity index (χ1v) is 16.8. The van der Waals surface area contributed by atoms with Crippen molar-refractivity contribution in [1.82, 2.24) is 0 Å². The van der Waals surface area contributed by atoms with Gasteiger partial charge >= 0.3 is 0 Å². The molecule has 0 radical (unpaired) electrons. The van der Waals surface area contributed by atoms with Gasteiger partial charge in [0.15, 0.2) is 0 Å². The molecule has 3 heteroatoms. The Bertz CT molecular complexity index is 354. The van der Waals surface area contributed by atoms with Crippen LogP contribution in [0.5, 0.6) is 0 Å². The lowest BCUT2D eigenvalue weighted by molar-refractivity contribution is 0.146. The minimum atomic E-state index is -0.0684. The Kier molecular flexibility index (Phi) is 31.0. The Morgan fingerprint density at radius 3 is 0.833 bits per heavy atom. The second-order valence-electron chi connectivity index (χ2n) is 11.7. The lowest BCUT2D eigenvalue weighted by Crippen LogP contribution is -2.06. The lowest BCUT2D eigenvalue weighted by Gasteiger charge is -2.10. The number of hydrogen-bond acceptors (Lipinski definition) is 3. The molecule has 0 rings (SSSR count). The number of aliphatic hydroxyl groups excluding tert-OH is 2. The predicted octanol–water partition coefficient (Wildman–Crippen LogP) is 10.00. The number of unbranched alkanes of at least 4 members (excludes halogenated alkanes) is 22. The Morgan fingerprint density at radius 1 is 0.361 bits per heavy atom. The smallest absolute Gasteiger partial charge is 0.0540 e. The summed E-state index contributed by atoms with van der Waals surface area (Å²) in [5, 5.41) is 20.3. The van der Waals surface area contributed by atoms with Crippen LogP contribution in [0.1, 0.15) is 193 Å². The Balaban J connectivity index is 3.21. The molecule has 0 saturated carbocycles. The summed E-state index contributed by atoms with van der Waals surface area (Å²) in [6, 6.07) is 0. The first-order valence-electron chi connectivity index (χ1n) is 16.8. The zero-order chi connectivity index (χ0) is 26.4. The van der Waals surface area contributed by atoms with E-state index >= 15 is 0 Å². The minimum Gasteiger partial charge on any atom is -0.393 e. The molecule has 0 aromatic rings. The van der Waals surface area contributed by atoms with E-state index < -0.39 is 0 Å². The minimum absolute atomic E-state index is 0.0554. The van der Waals surface area contributed by atoms with Crippen molar-refractivity contribution in [2.75, 3.05) is 6.54 Å². The molecule has 2 atom stereocenters. The summed E-state index contributed by atoms with van der Waals surface area (Å²) in [6.07, 6.45) is 36.7. The van der Waals surface area contributed by atoms with Crippen molar-refractivity contribution in [3.05, 3.63) is 0 Å². The first-order chi connectivity index (χ1) is 17.7. The van der Waals surface area contributed by atoms with Crippen molar-refractivity contribution in [2.45, 2.75) is 205 Å².